The highest BCUT2D eigenvalue weighted by molar-refractivity contribution is 6.74. The van der Waals surface area contributed by atoms with E-state index in [2.05, 4.69) is 39.2 Å². The Morgan fingerprint density at radius 1 is 1.12 bits per heavy atom. The van der Waals surface area contributed by atoms with Gasteiger partial charge in [-0.05, 0) is 51.4 Å². The Morgan fingerprint density at radius 2 is 1.72 bits per heavy atom. The molecule has 1 saturated heterocycles. The van der Waals surface area contributed by atoms with Gasteiger partial charge in [-0.25, -0.2) is 13.6 Å². The molecule has 1 N–H and O–H groups in total. The molecular weight excluding hydrogens is 458 g/mol. The lowest BCUT2D eigenvalue weighted by Crippen LogP contribution is -2.53. The fourth-order valence-electron chi connectivity index (χ4n) is 3.10. The molecular formula is C22H33ClF2N2O4Si. The number of rotatable bonds is 4. The summed E-state index contributed by atoms with van der Waals surface area (Å²) < 4.78 is 39.7. The van der Waals surface area contributed by atoms with Crippen LogP contribution in [0.25, 0.3) is 0 Å². The predicted octanol–water partition coefficient (Wildman–Crippen LogP) is 5.96. The maximum Gasteiger partial charge on any atom is 0.411 e. The number of hydrogen-bond acceptors (Lipinski definition) is 4. The van der Waals surface area contributed by atoms with E-state index < -0.39 is 49.7 Å². The van der Waals surface area contributed by atoms with Crippen molar-refractivity contribution in [3.05, 3.63) is 28.8 Å². The maximum atomic E-state index is 14.2. The van der Waals surface area contributed by atoms with Crippen molar-refractivity contribution >= 4 is 37.6 Å². The van der Waals surface area contributed by atoms with Crippen molar-refractivity contribution in [2.45, 2.75) is 83.8 Å². The van der Waals surface area contributed by atoms with Crippen molar-refractivity contribution in [2.75, 3.05) is 11.9 Å². The van der Waals surface area contributed by atoms with Gasteiger partial charge in [-0.1, -0.05) is 32.4 Å². The molecule has 1 aromatic carbocycles. The molecule has 0 aliphatic carbocycles. The average molecular weight is 491 g/mol. The molecule has 0 bridgehead atoms. The van der Waals surface area contributed by atoms with Gasteiger partial charge in [-0.15, -0.1) is 0 Å². The van der Waals surface area contributed by atoms with Gasteiger partial charge in [0.1, 0.15) is 23.3 Å². The molecule has 0 unspecified atom stereocenters. The van der Waals surface area contributed by atoms with Crippen LogP contribution in [0.2, 0.25) is 23.2 Å². The van der Waals surface area contributed by atoms with Crippen LogP contribution >= 0.6 is 11.6 Å². The summed E-state index contributed by atoms with van der Waals surface area (Å²) in [5.74, 6) is -2.56. The lowest BCUT2D eigenvalue weighted by Gasteiger charge is -2.40. The van der Waals surface area contributed by atoms with Crippen LogP contribution in [0.15, 0.2) is 12.1 Å². The number of carbonyl (C=O) groups excluding carboxylic acids is 2. The van der Waals surface area contributed by atoms with Gasteiger partial charge in [-0.3, -0.25) is 9.69 Å². The first-order valence-corrected chi connectivity index (χ1v) is 13.8. The zero-order valence-corrected chi connectivity index (χ0v) is 21.7. The topological polar surface area (TPSA) is 67.9 Å². The van der Waals surface area contributed by atoms with Gasteiger partial charge in [0, 0.05) is 12.6 Å². The lowest BCUT2D eigenvalue weighted by atomic mass is 10.1. The molecule has 2 amide bonds. The van der Waals surface area contributed by atoms with E-state index in [4.69, 9.17) is 20.8 Å². The van der Waals surface area contributed by atoms with E-state index in [1.807, 2.05) is 0 Å². The van der Waals surface area contributed by atoms with Gasteiger partial charge in [0.15, 0.2) is 8.32 Å². The lowest BCUT2D eigenvalue weighted by molar-refractivity contribution is -0.122. The molecule has 2 rings (SSSR count). The molecule has 1 aliphatic heterocycles. The fraction of sp³-hybridized carbons (Fsp3) is 0.636. The standard InChI is InChI=1S/C22H33ClF2N2O4Si/c1-21(2,3)30-20(29)27-10-9-17(31-32(7,8)22(4,5)6)18(27)19(28)26-16-11-13(23)14(24)12-15(16)25/h11-12,17-18H,9-10H2,1-8H3,(H,26,28)/t17-,18-/m0/s1. The molecule has 0 saturated carbocycles. The first-order valence-electron chi connectivity index (χ1n) is 10.6. The van der Waals surface area contributed by atoms with Crippen molar-refractivity contribution in [2.24, 2.45) is 0 Å². The summed E-state index contributed by atoms with van der Waals surface area (Å²) in [7, 11) is -2.29. The third kappa shape index (κ3) is 6.20. The van der Waals surface area contributed by atoms with Crippen LogP contribution in [0.4, 0.5) is 19.3 Å². The highest BCUT2D eigenvalue weighted by Crippen LogP contribution is 2.39. The highest BCUT2D eigenvalue weighted by atomic mass is 35.5. The van der Waals surface area contributed by atoms with Gasteiger partial charge < -0.3 is 14.5 Å². The number of amides is 2. The van der Waals surface area contributed by atoms with Crippen LogP contribution in [-0.4, -0.2) is 49.5 Å². The van der Waals surface area contributed by atoms with E-state index in [0.717, 1.165) is 6.07 Å². The maximum absolute atomic E-state index is 14.2. The minimum absolute atomic E-state index is 0.121. The van der Waals surface area contributed by atoms with E-state index in [1.165, 1.54) is 4.90 Å². The van der Waals surface area contributed by atoms with E-state index in [1.54, 1.807) is 20.8 Å². The monoisotopic (exact) mass is 490 g/mol. The number of anilines is 1. The molecule has 32 heavy (non-hydrogen) atoms. The normalized spacial score (nSPS) is 19.8. The predicted molar refractivity (Wildman–Crippen MR) is 123 cm³/mol. The van der Waals surface area contributed by atoms with Gasteiger partial charge >= 0.3 is 6.09 Å². The molecule has 10 heteroatoms. The molecule has 0 spiro atoms. The number of nitrogens with one attached hydrogen (secondary N) is 1. The van der Waals surface area contributed by atoms with Gasteiger partial charge in [-0.2, -0.15) is 0 Å². The largest absolute Gasteiger partial charge is 0.444 e. The zero-order valence-electron chi connectivity index (χ0n) is 19.9. The van der Waals surface area contributed by atoms with E-state index >= 15 is 0 Å². The third-order valence-electron chi connectivity index (χ3n) is 5.76. The number of nitrogens with zero attached hydrogens (tertiary/aromatic N) is 1. The van der Waals surface area contributed by atoms with Crippen molar-refractivity contribution < 1.29 is 27.5 Å². The first kappa shape index (κ1) is 26.5. The summed E-state index contributed by atoms with van der Waals surface area (Å²) >= 11 is 5.75. The summed E-state index contributed by atoms with van der Waals surface area (Å²) in [6.07, 6.45) is -0.824. The Bertz CT molecular complexity index is 884. The Kier molecular flexibility index (Phi) is 7.69. The minimum Gasteiger partial charge on any atom is -0.444 e. The van der Waals surface area contributed by atoms with Crippen molar-refractivity contribution in [1.82, 2.24) is 4.90 Å². The van der Waals surface area contributed by atoms with Gasteiger partial charge in [0.05, 0.1) is 16.8 Å². The second-order valence-electron chi connectivity index (χ2n) is 10.6. The second-order valence-corrected chi connectivity index (χ2v) is 15.7. The first-order chi connectivity index (χ1) is 14.4. The number of hydrogen-bond donors (Lipinski definition) is 1. The Morgan fingerprint density at radius 3 is 2.25 bits per heavy atom. The molecule has 1 aliphatic rings. The van der Waals surface area contributed by atoms with Crippen LogP contribution in [0.5, 0.6) is 0 Å². The van der Waals surface area contributed by atoms with Crippen LogP contribution in [0, 0.1) is 11.6 Å². The van der Waals surface area contributed by atoms with Gasteiger partial charge in [0.25, 0.3) is 0 Å². The second kappa shape index (κ2) is 9.27. The summed E-state index contributed by atoms with van der Waals surface area (Å²) in [5, 5.41) is 1.99. The van der Waals surface area contributed by atoms with Crippen LogP contribution < -0.4 is 5.32 Å². The number of carbonyl (C=O) groups is 2. The molecule has 6 nitrogen and oxygen atoms in total. The van der Waals surface area contributed by atoms with E-state index in [0.29, 0.717) is 12.5 Å². The van der Waals surface area contributed by atoms with Crippen LogP contribution in [0.3, 0.4) is 0 Å². The van der Waals surface area contributed by atoms with Crippen molar-refractivity contribution in [3.8, 4) is 0 Å². The summed E-state index contributed by atoms with van der Waals surface area (Å²) in [6.45, 7) is 15.8. The fourth-order valence-corrected chi connectivity index (χ4v) is 4.62. The van der Waals surface area contributed by atoms with Crippen molar-refractivity contribution in [3.63, 3.8) is 0 Å². The summed E-state index contributed by atoms with van der Waals surface area (Å²) in [5.41, 5.74) is -1.03. The minimum atomic E-state index is -2.29. The Balaban J connectivity index is 2.37. The van der Waals surface area contributed by atoms with E-state index in [-0.39, 0.29) is 22.3 Å². The SMILES string of the molecule is CC(C)(C)OC(=O)N1CC[C@H](O[Si](C)(C)C(C)(C)C)[C@H]1C(=O)Nc1cc(Cl)c(F)cc1F. The van der Waals surface area contributed by atoms with Crippen LogP contribution in [-0.2, 0) is 14.0 Å². The Labute approximate surface area is 194 Å². The van der Waals surface area contributed by atoms with Crippen molar-refractivity contribution in [1.29, 1.82) is 0 Å². The quantitative estimate of drug-likeness (QED) is 0.418. The van der Waals surface area contributed by atoms with Crippen LogP contribution in [0.1, 0.15) is 48.0 Å². The number of benzene rings is 1. The highest BCUT2D eigenvalue weighted by Gasteiger charge is 2.48. The molecule has 180 valence electrons. The van der Waals surface area contributed by atoms with Gasteiger partial charge in [0.2, 0.25) is 5.91 Å². The number of halogens is 3. The number of likely N-dealkylation sites (tertiary alicyclic amines) is 1. The molecule has 0 radical (unpaired) electrons. The molecule has 1 fully saturated rings. The molecule has 2 atom stereocenters. The Hall–Kier alpha value is -1.71. The average Bonchev–Trinajstić information content (AvgIpc) is 3.00. The summed E-state index contributed by atoms with van der Waals surface area (Å²) in [4.78, 5) is 27.4. The summed E-state index contributed by atoms with van der Waals surface area (Å²) in [6, 6.07) is 0.560. The zero-order chi connectivity index (χ0) is 24.6. The smallest absolute Gasteiger partial charge is 0.411 e. The molecule has 1 heterocycles. The molecule has 0 aromatic heterocycles. The number of ether oxygens (including phenoxy) is 1. The molecule has 1 aromatic rings. The van der Waals surface area contributed by atoms with E-state index in [9.17, 15) is 18.4 Å². The third-order valence-corrected chi connectivity index (χ3v) is 10.6.